The van der Waals surface area contributed by atoms with Gasteiger partial charge in [0.05, 0.1) is 5.69 Å². The van der Waals surface area contributed by atoms with E-state index in [-0.39, 0.29) is 42.3 Å². The summed E-state index contributed by atoms with van der Waals surface area (Å²) in [5, 5.41) is 18.0. The molecule has 1 aliphatic carbocycles. The molecule has 1 unspecified atom stereocenters. The van der Waals surface area contributed by atoms with E-state index in [0.29, 0.717) is 24.1 Å². The van der Waals surface area contributed by atoms with E-state index in [2.05, 4.69) is 21.2 Å². The number of para-hydroxylation sites is 1. The lowest BCUT2D eigenvalue weighted by molar-refractivity contribution is -0.170. The topological polar surface area (TPSA) is 216 Å². The van der Waals surface area contributed by atoms with Gasteiger partial charge in [-0.1, -0.05) is 52.3 Å². The summed E-state index contributed by atoms with van der Waals surface area (Å²) < 4.78 is 52.3. The Bertz CT molecular complexity index is 1900. The first-order valence-corrected chi connectivity index (χ1v) is 20.8. The molecule has 1 saturated heterocycles. The van der Waals surface area contributed by atoms with Crippen molar-refractivity contribution < 1.29 is 46.9 Å². The molecule has 16 nitrogen and oxygen atoms in total. The van der Waals surface area contributed by atoms with Crippen molar-refractivity contribution in [2.75, 3.05) is 12.3 Å². The Kier molecular flexibility index (Phi) is 14.5. The van der Waals surface area contributed by atoms with Crippen molar-refractivity contribution in [3.63, 3.8) is 0 Å². The number of nitrogens with zero attached hydrogens (tertiary/aromatic N) is 4. The fourth-order valence-electron chi connectivity index (χ4n) is 6.58. The van der Waals surface area contributed by atoms with Crippen molar-refractivity contribution in [3.8, 4) is 11.8 Å². The Morgan fingerprint density at radius 1 is 0.982 bits per heavy atom. The number of carbonyl (C=O) groups is 3. The van der Waals surface area contributed by atoms with Crippen LogP contribution in [0.15, 0.2) is 48.8 Å². The highest BCUT2D eigenvalue weighted by atomic mass is 31.2. The molecule has 1 saturated carbocycles. The second-order valence-corrected chi connectivity index (χ2v) is 16.9. The number of hydrogen-bond acceptors (Lipinski definition) is 14. The standard InChI is InChI=1S/C39H53N6O10P/c1-25(2)16-20-32(46)52-35-34(30-18-19-31-37(41)42-24-43-45(30)31)54-39(22-40,36(35)53-33(47)21-17-26(3)4)23-50-56(49,55-29-14-10-7-11-15-29)44-27(5)38(48)51-28-12-8-6-9-13-28/h7,10-11,14-15,18-19,24-28,34-36H,6,8-9,12-13,16-17,20-21,23H2,1-5H3,(H,44,49)(H2,41,42,43)/t27?,34-,35-,36-,39+,56-/m0/s1. The lowest BCUT2D eigenvalue weighted by Gasteiger charge is -2.31. The zero-order chi connectivity index (χ0) is 40.5. The van der Waals surface area contributed by atoms with Gasteiger partial charge in [-0.3, -0.25) is 18.9 Å². The SMILES string of the molecule is CC(C)CCC(=O)O[C@H]1[C@H](c2ccc3c(N)ncnn23)O[C@](C#N)(CO[P@@](=O)(NC(C)C(=O)OC2CCCCC2)Oc2ccccc2)[C@H]1OC(=O)CCC(C)C. The molecule has 0 radical (unpaired) electrons. The van der Waals surface area contributed by atoms with Crippen LogP contribution in [0.4, 0.5) is 5.82 Å². The molecule has 1 aliphatic heterocycles. The summed E-state index contributed by atoms with van der Waals surface area (Å²) in [5.74, 6) is -1.33. The molecule has 3 N–H and O–H groups in total. The highest BCUT2D eigenvalue weighted by Gasteiger charge is 2.62. The summed E-state index contributed by atoms with van der Waals surface area (Å²) in [5.41, 5.74) is 4.60. The number of nitriles is 1. The number of ether oxygens (including phenoxy) is 4. The van der Waals surface area contributed by atoms with Gasteiger partial charge in [0.1, 0.15) is 48.5 Å². The molecule has 0 amide bonds. The van der Waals surface area contributed by atoms with Crippen LogP contribution in [0.2, 0.25) is 0 Å². The molecular weight excluding hydrogens is 743 g/mol. The smallest absolute Gasteiger partial charge is 0.459 e. The third-order valence-corrected chi connectivity index (χ3v) is 11.3. The minimum Gasteiger partial charge on any atom is -0.461 e. The Morgan fingerprint density at radius 3 is 2.29 bits per heavy atom. The van der Waals surface area contributed by atoms with Crippen LogP contribution in [0.3, 0.4) is 0 Å². The molecule has 17 heteroatoms. The van der Waals surface area contributed by atoms with Crippen LogP contribution in [0, 0.1) is 23.2 Å². The van der Waals surface area contributed by atoms with E-state index in [1.54, 1.807) is 42.5 Å². The Balaban J connectivity index is 1.52. The number of rotatable bonds is 18. The molecule has 2 aromatic heterocycles. The maximum atomic E-state index is 14.7. The van der Waals surface area contributed by atoms with E-state index >= 15 is 0 Å². The first-order valence-electron chi connectivity index (χ1n) is 19.3. The normalized spacial score (nSPS) is 23.0. The number of anilines is 1. The summed E-state index contributed by atoms with van der Waals surface area (Å²) in [6.07, 6.45) is 2.11. The first-order chi connectivity index (χ1) is 26.7. The van der Waals surface area contributed by atoms with E-state index in [0.717, 1.165) is 32.1 Å². The predicted octanol–water partition coefficient (Wildman–Crippen LogP) is 6.40. The zero-order valence-corrected chi connectivity index (χ0v) is 33.5. The second kappa shape index (κ2) is 19.1. The van der Waals surface area contributed by atoms with Crippen LogP contribution in [0.25, 0.3) is 5.52 Å². The van der Waals surface area contributed by atoms with Crippen molar-refractivity contribution in [2.45, 2.75) is 128 Å². The lowest BCUT2D eigenvalue weighted by Crippen LogP contribution is -2.50. The summed E-state index contributed by atoms with van der Waals surface area (Å²) in [7, 11) is -4.57. The van der Waals surface area contributed by atoms with Crippen molar-refractivity contribution >= 4 is 37.0 Å². The molecule has 3 heterocycles. The van der Waals surface area contributed by atoms with Crippen LogP contribution < -0.4 is 15.3 Å². The number of hydrogen-bond donors (Lipinski definition) is 2. The lowest BCUT2D eigenvalue weighted by atomic mass is 9.95. The van der Waals surface area contributed by atoms with Crippen molar-refractivity contribution in [1.29, 1.82) is 5.26 Å². The fourth-order valence-corrected chi connectivity index (χ4v) is 8.10. The number of fused-ring (bicyclic) bond motifs is 1. The van der Waals surface area contributed by atoms with Gasteiger partial charge in [-0.15, -0.1) is 0 Å². The average molecular weight is 797 g/mol. The Hall–Kier alpha value is -4.55. The third kappa shape index (κ3) is 10.8. The highest BCUT2D eigenvalue weighted by molar-refractivity contribution is 7.52. The molecule has 2 fully saturated rings. The summed E-state index contributed by atoms with van der Waals surface area (Å²) in [4.78, 5) is 44.2. The quantitative estimate of drug-likeness (QED) is 0.0809. The van der Waals surface area contributed by atoms with Crippen molar-refractivity contribution in [1.82, 2.24) is 19.7 Å². The predicted molar refractivity (Wildman–Crippen MR) is 204 cm³/mol. The van der Waals surface area contributed by atoms with Gasteiger partial charge in [-0.25, -0.2) is 14.1 Å². The van der Waals surface area contributed by atoms with Gasteiger partial charge in [0.2, 0.25) is 5.60 Å². The highest BCUT2D eigenvalue weighted by Crippen LogP contribution is 2.50. The number of aromatic nitrogens is 3. The number of nitrogens with one attached hydrogen (secondary N) is 1. The van der Waals surface area contributed by atoms with Crippen LogP contribution in [-0.2, 0) is 42.4 Å². The van der Waals surface area contributed by atoms with Gasteiger partial charge in [0.15, 0.2) is 18.0 Å². The number of nitrogen functional groups attached to an aromatic ring is 1. The van der Waals surface area contributed by atoms with Gasteiger partial charge in [0, 0.05) is 12.8 Å². The van der Waals surface area contributed by atoms with E-state index < -0.39 is 62.2 Å². The van der Waals surface area contributed by atoms with Crippen LogP contribution in [0.1, 0.15) is 104 Å². The number of carbonyl (C=O) groups excluding carboxylic acids is 3. The summed E-state index contributed by atoms with van der Waals surface area (Å²) in [6, 6.07) is 12.3. The molecule has 0 spiro atoms. The van der Waals surface area contributed by atoms with Crippen LogP contribution in [0.5, 0.6) is 5.75 Å². The third-order valence-electron chi connectivity index (χ3n) is 9.72. The zero-order valence-electron chi connectivity index (χ0n) is 32.6. The number of esters is 3. The summed E-state index contributed by atoms with van der Waals surface area (Å²) in [6.45, 7) is 8.46. The Morgan fingerprint density at radius 2 is 1.64 bits per heavy atom. The largest absolute Gasteiger partial charge is 0.461 e. The first kappa shape index (κ1) is 42.6. The van der Waals surface area contributed by atoms with Gasteiger partial charge >= 0.3 is 25.7 Å². The van der Waals surface area contributed by atoms with E-state index in [4.69, 9.17) is 33.7 Å². The molecule has 0 bridgehead atoms. The molecule has 304 valence electrons. The van der Waals surface area contributed by atoms with Crippen LogP contribution in [-0.4, -0.2) is 69.1 Å². The molecular formula is C39H53N6O10P. The minimum atomic E-state index is -4.57. The molecule has 6 atom stereocenters. The van der Waals surface area contributed by atoms with E-state index in [1.165, 1.54) is 17.8 Å². The average Bonchev–Trinajstić information content (AvgIpc) is 3.73. The number of nitrogens with two attached hydrogens (primary N) is 1. The van der Waals surface area contributed by atoms with Gasteiger partial charge in [0.25, 0.3) is 0 Å². The molecule has 56 heavy (non-hydrogen) atoms. The maximum absolute atomic E-state index is 14.7. The van der Waals surface area contributed by atoms with E-state index in [9.17, 15) is 24.2 Å². The molecule has 5 rings (SSSR count). The molecule has 2 aliphatic rings. The van der Waals surface area contributed by atoms with Crippen molar-refractivity contribution in [3.05, 3.63) is 54.5 Å². The van der Waals surface area contributed by atoms with Gasteiger partial charge < -0.3 is 29.2 Å². The summed E-state index contributed by atoms with van der Waals surface area (Å²) >= 11 is 0. The minimum absolute atomic E-state index is 0.00911. The maximum Gasteiger partial charge on any atom is 0.459 e. The van der Waals surface area contributed by atoms with E-state index in [1.807, 2.05) is 27.7 Å². The van der Waals surface area contributed by atoms with Crippen LogP contribution >= 0.6 is 7.75 Å². The number of benzene rings is 1. The monoisotopic (exact) mass is 796 g/mol. The fraction of sp³-hybridized carbons (Fsp3) is 0.590. The molecule has 1 aromatic carbocycles. The molecule has 3 aromatic rings. The second-order valence-electron chi connectivity index (χ2n) is 15.2. The van der Waals surface area contributed by atoms with Crippen molar-refractivity contribution in [2.24, 2.45) is 11.8 Å². The van der Waals surface area contributed by atoms with Gasteiger partial charge in [-0.2, -0.15) is 15.4 Å². The Labute approximate surface area is 327 Å². The van der Waals surface area contributed by atoms with Gasteiger partial charge in [-0.05, 0) is 81.5 Å².